The summed E-state index contributed by atoms with van der Waals surface area (Å²) in [5.41, 5.74) is 4.67. The predicted molar refractivity (Wildman–Crippen MR) is 87.2 cm³/mol. The van der Waals surface area contributed by atoms with Crippen LogP contribution < -0.4 is 5.32 Å². The molecule has 2 rings (SSSR count). The predicted octanol–water partition coefficient (Wildman–Crippen LogP) is 4.30. The number of rotatable bonds is 6. The van der Waals surface area contributed by atoms with Crippen molar-refractivity contribution in [3.05, 3.63) is 52.0 Å². The van der Waals surface area contributed by atoms with Gasteiger partial charge in [0.2, 0.25) is 0 Å². The van der Waals surface area contributed by atoms with Crippen LogP contribution in [0.1, 0.15) is 43.3 Å². The molecule has 1 aromatic carbocycles. The monoisotopic (exact) mass is 288 g/mol. The van der Waals surface area contributed by atoms with Gasteiger partial charge in [0.1, 0.15) is 0 Å². The van der Waals surface area contributed by atoms with E-state index in [-0.39, 0.29) is 5.41 Å². The molecule has 0 amide bonds. The van der Waals surface area contributed by atoms with Gasteiger partial charge in [0, 0.05) is 17.5 Å². The van der Waals surface area contributed by atoms with E-state index in [1.807, 2.05) is 5.51 Å². The second-order valence-corrected chi connectivity index (χ2v) is 7.04. The summed E-state index contributed by atoms with van der Waals surface area (Å²) in [6, 6.07) is 11.2. The lowest BCUT2D eigenvalue weighted by Crippen LogP contribution is -2.32. The number of thiazole rings is 1. The van der Waals surface area contributed by atoms with Crippen molar-refractivity contribution >= 4 is 11.3 Å². The van der Waals surface area contributed by atoms with Crippen LogP contribution in [0.2, 0.25) is 0 Å². The average molecular weight is 288 g/mol. The summed E-state index contributed by atoms with van der Waals surface area (Å²) >= 11 is 1.73. The molecule has 20 heavy (non-hydrogen) atoms. The van der Waals surface area contributed by atoms with Gasteiger partial charge in [0.15, 0.2) is 0 Å². The molecule has 0 spiro atoms. The number of hydrogen-bond acceptors (Lipinski definition) is 3. The van der Waals surface area contributed by atoms with E-state index in [4.69, 9.17) is 0 Å². The van der Waals surface area contributed by atoms with E-state index in [9.17, 15) is 0 Å². The third-order valence-electron chi connectivity index (χ3n) is 3.83. The maximum atomic E-state index is 4.30. The van der Waals surface area contributed by atoms with Crippen molar-refractivity contribution in [1.29, 1.82) is 0 Å². The zero-order valence-electron chi connectivity index (χ0n) is 12.8. The van der Waals surface area contributed by atoms with Crippen LogP contribution in [0.3, 0.4) is 0 Å². The van der Waals surface area contributed by atoms with Gasteiger partial charge in [0.25, 0.3) is 0 Å². The van der Waals surface area contributed by atoms with Crippen LogP contribution in [0.5, 0.6) is 0 Å². The third kappa shape index (κ3) is 3.90. The molecule has 2 nitrogen and oxygen atoms in total. The molecular formula is C17H24N2S. The SMILES string of the molecule is Cc1ncsc1CNC(C)CC(C)(C)c1ccccc1. The summed E-state index contributed by atoms with van der Waals surface area (Å²) in [6.45, 7) is 9.90. The van der Waals surface area contributed by atoms with Gasteiger partial charge in [-0.1, -0.05) is 44.2 Å². The van der Waals surface area contributed by atoms with Gasteiger partial charge in [0.05, 0.1) is 11.2 Å². The van der Waals surface area contributed by atoms with Crippen LogP contribution in [-0.4, -0.2) is 11.0 Å². The van der Waals surface area contributed by atoms with Crippen LogP contribution in [0.15, 0.2) is 35.8 Å². The molecular weight excluding hydrogens is 264 g/mol. The summed E-state index contributed by atoms with van der Waals surface area (Å²) in [4.78, 5) is 5.64. The maximum absolute atomic E-state index is 4.30. The number of aromatic nitrogens is 1. The van der Waals surface area contributed by atoms with E-state index in [0.717, 1.165) is 18.7 Å². The molecule has 108 valence electrons. The Bertz CT molecular complexity index is 531. The highest BCUT2D eigenvalue weighted by atomic mass is 32.1. The molecule has 0 saturated carbocycles. The molecule has 1 unspecified atom stereocenters. The zero-order valence-corrected chi connectivity index (χ0v) is 13.6. The van der Waals surface area contributed by atoms with Gasteiger partial charge in [-0.2, -0.15) is 0 Å². The zero-order chi connectivity index (χ0) is 14.6. The highest BCUT2D eigenvalue weighted by molar-refractivity contribution is 7.09. The molecule has 2 aromatic rings. The van der Waals surface area contributed by atoms with Crippen LogP contribution in [0.4, 0.5) is 0 Å². The molecule has 1 aromatic heterocycles. The van der Waals surface area contributed by atoms with Gasteiger partial charge < -0.3 is 5.32 Å². The Morgan fingerprint density at radius 3 is 2.55 bits per heavy atom. The van der Waals surface area contributed by atoms with Crippen molar-refractivity contribution in [3.8, 4) is 0 Å². The Balaban J connectivity index is 1.91. The Morgan fingerprint density at radius 1 is 1.25 bits per heavy atom. The summed E-state index contributed by atoms with van der Waals surface area (Å²) < 4.78 is 0. The lowest BCUT2D eigenvalue weighted by Gasteiger charge is -2.29. The number of benzene rings is 1. The van der Waals surface area contributed by atoms with E-state index < -0.39 is 0 Å². The largest absolute Gasteiger partial charge is 0.309 e. The summed E-state index contributed by atoms with van der Waals surface area (Å²) in [6.07, 6.45) is 1.12. The molecule has 0 saturated heterocycles. The molecule has 3 heteroatoms. The normalized spacial score (nSPS) is 13.4. The smallest absolute Gasteiger partial charge is 0.0798 e. The average Bonchev–Trinajstić information content (AvgIpc) is 2.82. The number of nitrogens with zero attached hydrogens (tertiary/aromatic N) is 1. The van der Waals surface area contributed by atoms with Crippen molar-refractivity contribution in [2.75, 3.05) is 0 Å². The Morgan fingerprint density at radius 2 is 1.95 bits per heavy atom. The van der Waals surface area contributed by atoms with E-state index in [1.54, 1.807) is 11.3 Å². The lowest BCUT2D eigenvalue weighted by molar-refractivity contribution is 0.388. The van der Waals surface area contributed by atoms with Crippen molar-refractivity contribution in [1.82, 2.24) is 10.3 Å². The molecule has 0 bridgehead atoms. The summed E-state index contributed by atoms with van der Waals surface area (Å²) in [7, 11) is 0. The van der Waals surface area contributed by atoms with Crippen LogP contribution in [0.25, 0.3) is 0 Å². The van der Waals surface area contributed by atoms with Crippen LogP contribution in [-0.2, 0) is 12.0 Å². The number of aryl methyl sites for hydroxylation is 1. The van der Waals surface area contributed by atoms with Crippen LogP contribution >= 0.6 is 11.3 Å². The minimum atomic E-state index is 0.191. The Hall–Kier alpha value is -1.19. The highest BCUT2D eigenvalue weighted by Crippen LogP contribution is 2.28. The summed E-state index contributed by atoms with van der Waals surface area (Å²) in [5, 5.41) is 3.62. The van der Waals surface area contributed by atoms with E-state index in [2.05, 4.69) is 68.3 Å². The van der Waals surface area contributed by atoms with Gasteiger partial charge in [-0.3, -0.25) is 0 Å². The first-order valence-electron chi connectivity index (χ1n) is 7.17. The summed E-state index contributed by atoms with van der Waals surface area (Å²) in [5.74, 6) is 0. The van der Waals surface area contributed by atoms with Crippen molar-refractivity contribution in [3.63, 3.8) is 0 Å². The van der Waals surface area contributed by atoms with Gasteiger partial charge >= 0.3 is 0 Å². The van der Waals surface area contributed by atoms with E-state index >= 15 is 0 Å². The van der Waals surface area contributed by atoms with Crippen molar-refractivity contribution in [2.45, 2.75) is 52.1 Å². The second-order valence-electron chi connectivity index (χ2n) is 6.10. The standard InChI is InChI=1S/C17H24N2S/c1-13(18-11-16-14(2)19-12-20-16)10-17(3,4)15-8-6-5-7-9-15/h5-9,12-13,18H,10-11H2,1-4H3. The topological polar surface area (TPSA) is 24.9 Å². The molecule has 0 aliphatic rings. The minimum absolute atomic E-state index is 0.191. The Kier molecular flexibility index (Phi) is 4.95. The number of hydrogen-bond donors (Lipinski definition) is 1. The molecule has 0 aliphatic carbocycles. The molecule has 0 aliphatic heterocycles. The van der Waals surface area contributed by atoms with Gasteiger partial charge in [-0.05, 0) is 31.2 Å². The van der Waals surface area contributed by atoms with Crippen LogP contribution in [0, 0.1) is 6.92 Å². The first kappa shape index (κ1) is 15.2. The molecule has 1 N–H and O–H groups in total. The molecule has 1 heterocycles. The fourth-order valence-electron chi connectivity index (χ4n) is 2.61. The van der Waals surface area contributed by atoms with E-state index in [1.165, 1.54) is 10.4 Å². The first-order valence-corrected chi connectivity index (χ1v) is 8.05. The lowest BCUT2D eigenvalue weighted by atomic mass is 9.79. The first-order chi connectivity index (χ1) is 9.49. The van der Waals surface area contributed by atoms with Gasteiger partial charge in [-0.15, -0.1) is 11.3 Å². The fourth-order valence-corrected chi connectivity index (χ4v) is 3.34. The molecule has 1 atom stereocenters. The van der Waals surface area contributed by atoms with Crippen molar-refractivity contribution in [2.24, 2.45) is 0 Å². The van der Waals surface area contributed by atoms with Crippen molar-refractivity contribution < 1.29 is 0 Å². The Labute approximate surface area is 126 Å². The fraction of sp³-hybridized carbons (Fsp3) is 0.471. The van der Waals surface area contributed by atoms with Gasteiger partial charge in [-0.25, -0.2) is 4.98 Å². The number of nitrogens with one attached hydrogen (secondary N) is 1. The highest BCUT2D eigenvalue weighted by Gasteiger charge is 2.23. The quantitative estimate of drug-likeness (QED) is 0.857. The second kappa shape index (κ2) is 6.51. The molecule has 0 fully saturated rings. The maximum Gasteiger partial charge on any atom is 0.0798 e. The third-order valence-corrected chi connectivity index (χ3v) is 4.76. The molecule has 0 radical (unpaired) electrons. The minimum Gasteiger partial charge on any atom is -0.309 e. The van der Waals surface area contributed by atoms with E-state index in [0.29, 0.717) is 6.04 Å².